The highest BCUT2D eigenvalue weighted by Crippen LogP contribution is 2.10. The highest BCUT2D eigenvalue weighted by atomic mass is 35.5. The third kappa shape index (κ3) is 19.6. The molecule has 0 amide bonds. The molecule has 7 heteroatoms. The Morgan fingerprint density at radius 2 is 1.48 bits per heavy atom. The predicted molar refractivity (Wildman–Crippen MR) is 117 cm³/mol. The van der Waals surface area contributed by atoms with Crippen LogP contribution in [0, 0.1) is 5.41 Å². The van der Waals surface area contributed by atoms with Crippen molar-refractivity contribution in [3.8, 4) is 0 Å². The van der Waals surface area contributed by atoms with E-state index in [2.05, 4.69) is 17.6 Å². The number of carbonyl (C=O) groups is 1. The van der Waals surface area contributed by atoms with E-state index in [1.54, 1.807) is 0 Å². The Labute approximate surface area is 172 Å². The van der Waals surface area contributed by atoms with Crippen molar-refractivity contribution in [3.05, 3.63) is 0 Å². The molecule has 0 aliphatic heterocycles. The van der Waals surface area contributed by atoms with Crippen LogP contribution in [0.1, 0.15) is 90.9 Å². The van der Waals surface area contributed by atoms with Gasteiger partial charge in [0.25, 0.3) is 0 Å². The fourth-order valence-electron chi connectivity index (χ4n) is 2.96. The van der Waals surface area contributed by atoms with Crippen LogP contribution in [-0.4, -0.2) is 37.7 Å². The van der Waals surface area contributed by atoms with Gasteiger partial charge in [-0.05, 0) is 32.7 Å². The monoisotopic (exact) mass is 406 g/mol. The summed E-state index contributed by atoms with van der Waals surface area (Å²) in [5.41, 5.74) is 5.26. The number of nitrogens with two attached hydrogens (primary N) is 1. The van der Waals surface area contributed by atoms with Crippen LogP contribution in [0.15, 0.2) is 0 Å². The summed E-state index contributed by atoms with van der Waals surface area (Å²) in [4.78, 5) is 12.0. The third-order valence-corrected chi connectivity index (χ3v) is 4.48. The smallest absolute Gasteiger partial charge is 0.323 e. The van der Waals surface area contributed by atoms with Gasteiger partial charge in [-0.15, -0.1) is 12.4 Å². The quantitative estimate of drug-likeness (QED) is 0.119. The molecule has 6 nitrogen and oxygen atoms in total. The minimum Gasteiger partial charge on any atom is -0.465 e. The van der Waals surface area contributed by atoms with Gasteiger partial charge in [-0.25, -0.2) is 0 Å². The first-order valence-corrected chi connectivity index (χ1v) is 10.6. The predicted octanol–water partition coefficient (Wildman–Crippen LogP) is 4.11. The Morgan fingerprint density at radius 3 is 2.00 bits per heavy atom. The van der Waals surface area contributed by atoms with Gasteiger partial charge in [0, 0.05) is 6.54 Å². The van der Waals surface area contributed by atoms with Gasteiger partial charge in [0.15, 0.2) is 5.96 Å². The summed E-state index contributed by atoms with van der Waals surface area (Å²) in [5, 5.41) is 13.2. The molecule has 27 heavy (non-hydrogen) atoms. The minimum atomic E-state index is -0.262. The number of rotatable bonds is 18. The lowest BCUT2D eigenvalue weighted by molar-refractivity contribution is -0.145. The number of halogens is 1. The molecule has 0 aromatic carbocycles. The molecule has 0 aliphatic rings. The SMILES string of the molecule is CCCCCCCCCCCCN[C@@H](CCCNC(=N)N)C(=O)OCC.Cl. The summed E-state index contributed by atoms with van der Waals surface area (Å²) in [7, 11) is 0. The van der Waals surface area contributed by atoms with Crippen molar-refractivity contribution in [3.63, 3.8) is 0 Å². The largest absolute Gasteiger partial charge is 0.465 e. The van der Waals surface area contributed by atoms with Crippen LogP contribution in [-0.2, 0) is 9.53 Å². The molecule has 0 unspecified atom stereocenters. The van der Waals surface area contributed by atoms with E-state index in [1.165, 1.54) is 57.8 Å². The van der Waals surface area contributed by atoms with Crippen LogP contribution >= 0.6 is 12.4 Å². The summed E-state index contributed by atoms with van der Waals surface area (Å²) in [6, 6.07) is -0.262. The van der Waals surface area contributed by atoms with Crippen molar-refractivity contribution in [1.29, 1.82) is 5.41 Å². The van der Waals surface area contributed by atoms with Crippen molar-refractivity contribution in [1.82, 2.24) is 10.6 Å². The second-order valence-corrected chi connectivity index (χ2v) is 6.92. The molecule has 162 valence electrons. The summed E-state index contributed by atoms with van der Waals surface area (Å²) in [5.74, 6) is -0.210. The fraction of sp³-hybridized carbons (Fsp3) is 0.900. The number of unbranched alkanes of at least 4 members (excludes halogenated alkanes) is 9. The van der Waals surface area contributed by atoms with E-state index in [9.17, 15) is 4.79 Å². The summed E-state index contributed by atoms with van der Waals surface area (Å²) >= 11 is 0. The Morgan fingerprint density at radius 1 is 0.926 bits per heavy atom. The molecule has 0 aliphatic carbocycles. The van der Waals surface area contributed by atoms with Gasteiger partial charge >= 0.3 is 5.97 Å². The average molecular weight is 407 g/mol. The lowest BCUT2D eigenvalue weighted by Crippen LogP contribution is -2.39. The summed E-state index contributed by atoms with van der Waals surface area (Å²) in [6.45, 7) is 5.93. The number of hydrogen-bond donors (Lipinski definition) is 4. The van der Waals surface area contributed by atoms with Crippen LogP contribution in [0.5, 0.6) is 0 Å². The second-order valence-electron chi connectivity index (χ2n) is 6.92. The fourth-order valence-corrected chi connectivity index (χ4v) is 2.96. The Hall–Kier alpha value is -1.01. The van der Waals surface area contributed by atoms with Crippen LogP contribution < -0.4 is 16.4 Å². The first-order valence-electron chi connectivity index (χ1n) is 10.6. The molecule has 0 heterocycles. The normalized spacial score (nSPS) is 11.5. The molecular weight excluding hydrogens is 364 g/mol. The molecule has 0 bridgehead atoms. The van der Waals surface area contributed by atoms with Crippen LogP contribution in [0.25, 0.3) is 0 Å². The number of guanidine groups is 1. The van der Waals surface area contributed by atoms with Gasteiger partial charge in [0.2, 0.25) is 0 Å². The molecule has 0 spiro atoms. The first kappa shape index (κ1) is 28.2. The maximum absolute atomic E-state index is 12.0. The van der Waals surface area contributed by atoms with E-state index in [-0.39, 0.29) is 30.4 Å². The van der Waals surface area contributed by atoms with E-state index < -0.39 is 0 Å². The number of carbonyl (C=O) groups excluding carboxylic acids is 1. The number of ether oxygens (including phenoxy) is 1. The molecule has 1 atom stereocenters. The summed E-state index contributed by atoms with van der Waals surface area (Å²) in [6.07, 6.45) is 14.6. The molecule has 0 saturated carbocycles. The van der Waals surface area contributed by atoms with E-state index >= 15 is 0 Å². The Balaban J connectivity index is 0. The van der Waals surface area contributed by atoms with Crippen LogP contribution in [0.4, 0.5) is 0 Å². The third-order valence-electron chi connectivity index (χ3n) is 4.48. The first-order chi connectivity index (χ1) is 12.6. The van der Waals surface area contributed by atoms with Crippen molar-refractivity contribution in [2.24, 2.45) is 5.73 Å². The van der Waals surface area contributed by atoms with Gasteiger partial charge in [-0.3, -0.25) is 10.2 Å². The molecule has 0 aromatic heterocycles. The molecule has 0 fully saturated rings. The van der Waals surface area contributed by atoms with Crippen molar-refractivity contribution >= 4 is 24.3 Å². The van der Waals surface area contributed by atoms with Gasteiger partial charge < -0.3 is 21.1 Å². The molecule has 0 rings (SSSR count). The molecule has 0 aromatic rings. The van der Waals surface area contributed by atoms with Gasteiger partial charge in [0.05, 0.1) is 6.61 Å². The van der Waals surface area contributed by atoms with E-state index in [4.69, 9.17) is 15.9 Å². The Bertz CT molecular complexity index is 357. The highest BCUT2D eigenvalue weighted by molar-refractivity contribution is 5.85. The van der Waals surface area contributed by atoms with Crippen LogP contribution in [0.3, 0.4) is 0 Å². The molecule has 5 N–H and O–H groups in total. The van der Waals surface area contributed by atoms with Crippen molar-refractivity contribution in [2.45, 2.75) is 96.9 Å². The summed E-state index contributed by atoms with van der Waals surface area (Å²) < 4.78 is 5.14. The number of nitrogens with one attached hydrogen (secondary N) is 3. The Kier molecular flexibility index (Phi) is 22.2. The zero-order valence-electron chi connectivity index (χ0n) is 17.5. The number of esters is 1. The molecule has 0 saturated heterocycles. The maximum atomic E-state index is 12.0. The van der Waals surface area contributed by atoms with Gasteiger partial charge in [-0.1, -0.05) is 64.7 Å². The molecular formula is C20H43ClN4O2. The maximum Gasteiger partial charge on any atom is 0.323 e. The second kappa shape index (κ2) is 21.3. The molecule has 0 radical (unpaired) electrons. The lowest BCUT2D eigenvalue weighted by Gasteiger charge is -2.17. The lowest BCUT2D eigenvalue weighted by atomic mass is 10.1. The van der Waals surface area contributed by atoms with E-state index in [0.29, 0.717) is 19.6 Å². The van der Waals surface area contributed by atoms with Crippen molar-refractivity contribution < 1.29 is 9.53 Å². The van der Waals surface area contributed by atoms with Gasteiger partial charge in [-0.2, -0.15) is 0 Å². The van der Waals surface area contributed by atoms with Crippen LogP contribution in [0.2, 0.25) is 0 Å². The van der Waals surface area contributed by atoms with E-state index in [0.717, 1.165) is 19.4 Å². The topological polar surface area (TPSA) is 100 Å². The van der Waals surface area contributed by atoms with Gasteiger partial charge in [0.1, 0.15) is 6.04 Å². The van der Waals surface area contributed by atoms with Crippen molar-refractivity contribution in [2.75, 3.05) is 19.7 Å². The minimum absolute atomic E-state index is 0. The standard InChI is InChI=1S/C20H42N4O2.ClH/c1-3-5-6-7-8-9-10-11-12-13-16-23-18(19(25)26-4-2)15-14-17-24-20(21)22;/h18,23H,3-17H2,1-2H3,(H4,21,22,24);1H/t18-;/m0./s1. The number of hydrogen-bond acceptors (Lipinski definition) is 4. The highest BCUT2D eigenvalue weighted by Gasteiger charge is 2.18. The average Bonchev–Trinajstić information content (AvgIpc) is 2.61. The zero-order chi connectivity index (χ0) is 19.5. The zero-order valence-corrected chi connectivity index (χ0v) is 18.3. The van der Waals surface area contributed by atoms with E-state index in [1.807, 2.05) is 6.92 Å².